The topological polar surface area (TPSA) is 41.0 Å². The number of aliphatic imine (C=N–C) groups is 1. The van der Waals surface area contributed by atoms with E-state index in [1.807, 2.05) is 12.4 Å². The van der Waals surface area contributed by atoms with Gasteiger partial charge in [-0.05, 0) is 31.0 Å². The van der Waals surface area contributed by atoms with E-state index in [0.717, 1.165) is 23.3 Å². The summed E-state index contributed by atoms with van der Waals surface area (Å²) < 4.78 is 0. The predicted octanol–water partition coefficient (Wildman–Crippen LogP) is 2.94. The van der Waals surface area contributed by atoms with Gasteiger partial charge < -0.3 is 4.98 Å². The van der Waals surface area contributed by atoms with Gasteiger partial charge in [0.15, 0.2) is 0 Å². The van der Waals surface area contributed by atoms with Gasteiger partial charge in [0.1, 0.15) is 5.82 Å². The second-order valence-corrected chi connectivity index (χ2v) is 4.16. The molecule has 1 aliphatic rings. The third-order valence-corrected chi connectivity index (χ3v) is 2.88. The lowest BCUT2D eigenvalue weighted by Crippen LogP contribution is -2.00. The van der Waals surface area contributed by atoms with E-state index in [2.05, 4.69) is 46.2 Å². The monoisotopic (exact) mass is 211 g/mol. The van der Waals surface area contributed by atoms with E-state index in [-0.39, 0.29) is 0 Å². The molecule has 1 aliphatic heterocycles. The number of nitrogens with one attached hydrogen (secondary N) is 1. The van der Waals surface area contributed by atoms with E-state index < -0.39 is 0 Å². The Kier molecular flexibility index (Phi) is 2.10. The van der Waals surface area contributed by atoms with Crippen molar-refractivity contribution in [2.24, 2.45) is 4.99 Å². The minimum atomic E-state index is 0.338. The van der Waals surface area contributed by atoms with Gasteiger partial charge in [-0.15, -0.1) is 0 Å². The number of aromatic nitrogens is 2. The quantitative estimate of drug-likeness (QED) is 0.774. The van der Waals surface area contributed by atoms with Crippen LogP contribution >= 0.6 is 0 Å². The Bertz CT molecular complexity index is 578. The fourth-order valence-corrected chi connectivity index (χ4v) is 1.99. The van der Waals surface area contributed by atoms with Crippen molar-refractivity contribution in [3.8, 4) is 0 Å². The second kappa shape index (κ2) is 3.59. The molecule has 1 aromatic carbocycles. The molecule has 1 N–H and O–H groups in total. The van der Waals surface area contributed by atoms with Crippen LogP contribution in [0.25, 0.3) is 11.0 Å². The van der Waals surface area contributed by atoms with Gasteiger partial charge in [0.2, 0.25) is 0 Å². The number of hydrogen-bond donors (Lipinski definition) is 1. The van der Waals surface area contributed by atoms with Crippen molar-refractivity contribution in [3.63, 3.8) is 0 Å². The first kappa shape index (κ1) is 9.33. The predicted molar refractivity (Wildman–Crippen MR) is 65.8 cm³/mol. The minimum Gasteiger partial charge on any atom is -0.341 e. The summed E-state index contributed by atoms with van der Waals surface area (Å²) in [6, 6.07) is 6.28. The number of aryl methyl sites for hydroxylation is 1. The SMILES string of the molecule is Cc1ccc2nc(C3C=CN=CC3)[nH]c2c1. The average Bonchev–Trinajstić information content (AvgIpc) is 2.73. The summed E-state index contributed by atoms with van der Waals surface area (Å²) in [6.45, 7) is 2.09. The lowest BCUT2D eigenvalue weighted by molar-refractivity contribution is 0.820. The summed E-state index contributed by atoms with van der Waals surface area (Å²) in [7, 11) is 0. The molecule has 0 radical (unpaired) electrons. The molecule has 0 aliphatic carbocycles. The fraction of sp³-hybridized carbons (Fsp3) is 0.231. The van der Waals surface area contributed by atoms with E-state index in [1.54, 1.807) is 0 Å². The van der Waals surface area contributed by atoms with Crippen LogP contribution in [-0.2, 0) is 0 Å². The van der Waals surface area contributed by atoms with Gasteiger partial charge in [-0.3, -0.25) is 4.99 Å². The zero-order chi connectivity index (χ0) is 11.0. The van der Waals surface area contributed by atoms with Crippen molar-refractivity contribution in [2.45, 2.75) is 19.3 Å². The molecule has 0 fully saturated rings. The van der Waals surface area contributed by atoms with E-state index >= 15 is 0 Å². The van der Waals surface area contributed by atoms with Crippen LogP contribution in [0.1, 0.15) is 23.7 Å². The maximum Gasteiger partial charge on any atom is 0.114 e. The summed E-state index contributed by atoms with van der Waals surface area (Å²) in [4.78, 5) is 12.1. The molecular formula is C13H13N3. The van der Waals surface area contributed by atoms with Crippen LogP contribution in [0.5, 0.6) is 0 Å². The molecule has 3 heteroatoms. The van der Waals surface area contributed by atoms with Crippen molar-refractivity contribution in [3.05, 3.63) is 41.9 Å². The van der Waals surface area contributed by atoms with Gasteiger partial charge in [0, 0.05) is 18.3 Å². The van der Waals surface area contributed by atoms with Crippen molar-refractivity contribution >= 4 is 17.2 Å². The molecule has 0 bridgehead atoms. The Balaban J connectivity index is 2.05. The molecule has 80 valence electrons. The third-order valence-electron chi connectivity index (χ3n) is 2.88. The highest BCUT2D eigenvalue weighted by Crippen LogP contribution is 2.23. The first-order valence-electron chi connectivity index (χ1n) is 5.47. The zero-order valence-corrected chi connectivity index (χ0v) is 9.14. The minimum absolute atomic E-state index is 0.338. The summed E-state index contributed by atoms with van der Waals surface area (Å²) in [6.07, 6.45) is 6.79. The number of benzene rings is 1. The zero-order valence-electron chi connectivity index (χ0n) is 9.14. The normalized spacial score (nSPS) is 19.4. The van der Waals surface area contributed by atoms with Gasteiger partial charge in [-0.2, -0.15) is 0 Å². The standard InChI is InChI=1S/C13H13N3/c1-9-2-3-11-12(8-9)16-13(15-11)10-4-6-14-7-5-10/h2-4,6-8,10H,5H2,1H3,(H,15,16). The molecule has 2 heterocycles. The molecule has 3 nitrogen and oxygen atoms in total. The first-order chi connectivity index (χ1) is 7.83. The van der Waals surface area contributed by atoms with Crippen LogP contribution in [0.3, 0.4) is 0 Å². The molecule has 0 saturated carbocycles. The Morgan fingerprint density at radius 2 is 2.31 bits per heavy atom. The average molecular weight is 211 g/mol. The van der Waals surface area contributed by atoms with Gasteiger partial charge in [-0.25, -0.2) is 4.98 Å². The molecule has 1 unspecified atom stereocenters. The molecule has 3 rings (SSSR count). The maximum atomic E-state index is 4.61. The largest absolute Gasteiger partial charge is 0.341 e. The van der Waals surface area contributed by atoms with Crippen molar-refractivity contribution in [1.82, 2.24) is 9.97 Å². The molecule has 16 heavy (non-hydrogen) atoms. The van der Waals surface area contributed by atoms with Crippen LogP contribution in [-0.4, -0.2) is 16.2 Å². The Labute approximate surface area is 93.9 Å². The van der Waals surface area contributed by atoms with E-state index in [9.17, 15) is 0 Å². The second-order valence-electron chi connectivity index (χ2n) is 4.16. The van der Waals surface area contributed by atoms with Gasteiger partial charge >= 0.3 is 0 Å². The fourth-order valence-electron chi connectivity index (χ4n) is 1.99. The van der Waals surface area contributed by atoms with Crippen molar-refractivity contribution in [1.29, 1.82) is 0 Å². The van der Waals surface area contributed by atoms with Crippen LogP contribution < -0.4 is 0 Å². The molecular weight excluding hydrogens is 198 g/mol. The lowest BCUT2D eigenvalue weighted by atomic mass is 10.0. The summed E-state index contributed by atoms with van der Waals surface area (Å²) in [5, 5.41) is 0. The Hall–Kier alpha value is -1.90. The molecule has 1 atom stereocenters. The van der Waals surface area contributed by atoms with Gasteiger partial charge in [-0.1, -0.05) is 12.1 Å². The highest BCUT2D eigenvalue weighted by Gasteiger charge is 2.13. The van der Waals surface area contributed by atoms with Crippen LogP contribution in [0.2, 0.25) is 0 Å². The number of fused-ring (bicyclic) bond motifs is 1. The van der Waals surface area contributed by atoms with Crippen LogP contribution in [0, 0.1) is 6.92 Å². The van der Waals surface area contributed by atoms with Gasteiger partial charge in [0.25, 0.3) is 0 Å². The number of allylic oxidation sites excluding steroid dienone is 1. The third kappa shape index (κ3) is 1.54. The smallest absolute Gasteiger partial charge is 0.114 e. The molecule has 0 amide bonds. The van der Waals surface area contributed by atoms with E-state index in [4.69, 9.17) is 0 Å². The number of aromatic amines is 1. The maximum absolute atomic E-state index is 4.61. The Morgan fingerprint density at radius 1 is 1.38 bits per heavy atom. The molecule has 0 saturated heterocycles. The van der Waals surface area contributed by atoms with Crippen molar-refractivity contribution < 1.29 is 0 Å². The summed E-state index contributed by atoms with van der Waals surface area (Å²) in [5.74, 6) is 1.37. The molecule has 0 spiro atoms. The number of H-pyrrole nitrogens is 1. The van der Waals surface area contributed by atoms with E-state index in [0.29, 0.717) is 5.92 Å². The summed E-state index contributed by atoms with van der Waals surface area (Å²) >= 11 is 0. The van der Waals surface area contributed by atoms with Crippen molar-refractivity contribution in [2.75, 3.05) is 0 Å². The highest BCUT2D eigenvalue weighted by atomic mass is 14.9. The number of nitrogens with zero attached hydrogens (tertiary/aromatic N) is 2. The van der Waals surface area contributed by atoms with Crippen LogP contribution in [0.4, 0.5) is 0 Å². The number of imidazole rings is 1. The number of hydrogen-bond acceptors (Lipinski definition) is 2. The van der Waals surface area contributed by atoms with Gasteiger partial charge in [0.05, 0.1) is 11.0 Å². The molecule has 1 aromatic heterocycles. The summed E-state index contributed by atoms with van der Waals surface area (Å²) in [5.41, 5.74) is 3.41. The highest BCUT2D eigenvalue weighted by molar-refractivity contribution is 5.76. The van der Waals surface area contributed by atoms with E-state index in [1.165, 1.54) is 5.56 Å². The first-order valence-corrected chi connectivity index (χ1v) is 5.47. The lowest BCUT2D eigenvalue weighted by Gasteiger charge is -2.07. The number of rotatable bonds is 1. The van der Waals surface area contributed by atoms with Crippen LogP contribution in [0.15, 0.2) is 35.5 Å². The Morgan fingerprint density at radius 3 is 3.12 bits per heavy atom. The molecule has 2 aromatic rings.